The van der Waals surface area contributed by atoms with Crippen molar-refractivity contribution in [2.75, 3.05) is 6.61 Å². The molecule has 0 saturated carbocycles. The largest absolute Gasteiger partial charge is 0.492 e. The van der Waals surface area contributed by atoms with E-state index in [9.17, 15) is 4.79 Å². The molecule has 0 aliphatic carbocycles. The third kappa shape index (κ3) is 6.30. The van der Waals surface area contributed by atoms with Crippen LogP contribution in [0.15, 0.2) is 53.6 Å². The first-order chi connectivity index (χ1) is 11.1. The van der Waals surface area contributed by atoms with Crippen LogP contribution in [0.2, 0.25) is 10.0 Å². The maximum atomic E-state index is 11.6. The van der Waals surface area contributed by atoms with Gasteiger partial charge in [0.15, 0.2) is 0 Å². The van der Waals surface area contributed by atoms with Gasteiger partial charge < -0.3 is 4.74 Å². The number of halogens is 2. The first-order valence-electron chi connectivity index (χ1n) is 7.10. The molecular weight excluding hydrogens is 335 g/mol. The number of hydrogen-bond donors (Lipinski definition) is 1. The van der Waals surface area contributed by atoms with Crippen LogP contribution in [0.3, 0.4) is 0 Å². The van der Waals surface area contributed by atoms with Crippen LogP contribution in [0.1, 0.15) is 18.4 Å². The predicted molar refractivity (Wildman–Crippen MR) is 93.4 cm³/mol. The highest BCUT2D eigenvalue weighted by Gasteiger charge is 2.03. The van der Waals surface area contributed by atoms with Gasteiger partial charge in [0.1, 0.15) is 5.75 Å². The van der Waals surface area contributed by atoms with E-state index < -0.39 is 0 Å². The predicted octanol–water partition coefficient (Wildman–Crippen LogP) is 4.30. The molecule has 2 aromatic rings. The Bertz CT molecular complexity index is 676. The Balaban J connectivity index is 1.66. The van der Waals surface area contributed by atoms with Crippen LogP contribution in [-0.4, -0.2) is 18.7 Å². The zero-order valence-electron chi connectivity index (χ0n) is 12.3. The van der Waals surface area contributed by atoms with E-state index in [0.717, 1.165) is 5.56 Å². The normalized spacial score (nSPS) is 10.7. The summed E-state index contributed by atoms with van der Waals surface area (Å²) in [4.78, 5) is 11.6. The second-order valence-electron chi connectivity index (χ2n) is 4.73. The van der Waals surface area contributed by atoms with E-state index in [1.807, 2.05) is 30.3 Å². The molecule has 0 saturated heterocycles. The Labute approximate surface area is 145 Å². The van der Waals surface area contributed by atoms with Gasteiger partial charge in [-0.25, -0.2) is 5.43 Å². The van der Waals surface area contributed by atoms with Gasteiger partial charge in [-0.1, -0.05) is 53.5 Å². The molecule has 6 heteroatoms. The number of hydrogen-bond acceptors (Lipinski definition) is 3. The maximum Gasteiger partial charge on any atom is 0.240 e. The standard InChI is InChI=1S/C17H16Cl2N2O2/c18-14-8-9-16(15(19)11-14)23-10-4-7-17(22)21-20-12-13-5-2-1-3-6-13/h1-3,5-6,8-9,11-12H,4,7,10H2,(H,21,22)/b20-12-. The lowest BCUT2D eigenvalue weighted by atomic mass is 10.2. The van der Waals surface area contributed by atoms with Gasteiger partial charge in [-0.05, 0) is 30.2 Å². The van der Waals surface area contributed by atoms with Crippen LogP contribution in [0.4, 0.5) is 0 Å². The number of nitrogens with zero attached hydrogens (tertiary/aromatic N) is 1. The van der Waals surface area contributed by atoms with Crippen molar-refractivity contribution in [2.24, 2.45) is 5.10 Å². The number of nitrogens with one attached hydrogen (secondary N) is 1. The molecule has 120 valence electrons. The Kier molecular flexibility index (Phi) is 6.91. The molecule has 0 fully saturated rings. The Morgan fingerprint density at radius 1 is 1.17 bits per heavy atom. The molecule has 0 bridgehead atoms. The molecule has 1 amide bonds. The van der Waals surface area contributed by atoms with Crippen molar-refractivity contribution in [1.29, 1.82) is 0 Å². The van der Waals surface area contributed by atoms with Crippen LogP contribution < -0.4 is 10.2 Å². The first-order valence-corrected chi connectivity index (χ1v) is 7.85. The van der Waals surface area contributed by atoms with E-state index in [2.05, 4.69) is 10.5 Å². The minimum absolute atomic E-state index is 0.164. The minimum atomic E-state index is -0.164. The monoisotopic (exact) mass is 350 g/mol. The van der Waals surface area contributed by atoms with E-state index in [1.165, 1.54) is 0 Å². The SMILES string of the molecule is O=C(CCCOc1ccc(Cl)cc1Cl)N/N=C\c1ccccc1. The topological polar surface area (TPSA) is 50.7 Å². The summed E-state index contributed by atoms with van der Waals surface area (Å²) in [7, 11) is 0. The van der Waals surface area contributed by atoms with E-state index in [1.54, 1.807) is 24.4 Å². The van der Waals surface area contributed by atoms with Gasteiger partial charge in [0.2, 0.25) is 5.91 Å². The van der Waals surface area contributed by atoms with Crippen LogP contribution in [0.25, 0.3) is 0 Å². The van der Waals surface area contributed by atoms with Gasteiger partial charge in [0, 0.05) is 11.4 Å². The molecule has 0 aliphatic rings. The molecule has 2 rings (SSSR count). The van der Waals surface area contributed by atoms with Crippen molar-refractivity contribution in [3.8, 4) is 5.75 Å². The summed E-state index contributed by atoms with van der Waals surface area (Å²) in [5.41, 5.74) is 3.40. The summed E-state index contributed by atoms with van der Waals surface area (Å²) < 4.78 is 5.51. The molecule has 0 radical (unpaired) electrons. The first kappa shape index (κ1) is 17.3. The molecule has 23 heavy (non-hydrogen) atoms. The Hall–Kier alpha value is -2.04. The number of benzene rings is 2. The number of carbonyl (C=O) groups excluding carboxylic acids is 1. The smallest absolute Gasteiger partial charge is 0.240 e. The van der Waals surface area contributed by atoms with Gasteiger partial charge in [-0.15, -0.1) is 0 Å². The van der Waals surface area contributed by atoms with E-state index in [-0.39, 0.29) is 5.91 Å². The third-order valence-electron chi connectivity index (χ3n) is 2.90. The molecule has 2 aromatic carbocycles. The van der Waals surface area contributed by atoms with Crippen LogP contribution in [0, 0.1) is 0 Å². The summed E-state index contributed by atoms with van der Waals surface area (Å²) in [6.07, 6.45) is 2.48. The molecule has 0 aromatic heterocycles. The van der Waals surface area contributed by atoms with Crippen molar-refractivity contribution >= 4 is 35.3 Å². The molecule has 0 spiro atoms. The molecule has 4 nitrogen and oxygen atoms in total. The van der Waals surface area contributed by atoms with Gasteiger partial charge >= 0.3 is 0 Å². The molecule has 0 atom stereocenters. The van der Waals surface area contributed by atoms with Crippen LogP contribution >= 0.6 is 23.2 Å². The van der Waals surface area contributed by atoms with Gasteiger partial charge in [0.25, 0.3) is 0 Å². The lowest BCUT2D eigenvalue weighted by Gasteiger charge is -2.07. The van der Waals surface area contributed by atoms with Crippen molar-refractivity contribution in [3.63, 3.8) is 0 Å². The number of rotatable bonds is 7. The lowest BCUT2D eigenvalue weighted by molar-refractivity contribution is -0.121. The number of amides is 1. The third-order valence-corrected chi connectivity index (χ3v) is 3.43. The highest BCUT2D eigenvalue weighted by molar-refractivity contribution is 6.35. The second kappa shape index (κ2) is 9.18. The fourth-order valence-electron chi connectivity index (χ4n) is 1.78. The highest BCUT2D eigenvalue weighted by Crippen LogP contribution is 2.27. The Morgan fingerprint density at radius 3 is 2.70 bits per heavy atom. The summed E-state index contributed by atoms with van der Waals surface area (Å²) >= 11 is 11.8. The quantitative estimate of drug-likeness (QED) is 0.459. The fourth-order valence-corrected chi connectivity index (χ4v) is 2.24. The van der Waals surface area contributed by atoms with E-state index in [4.69, 9.17) is 27.9 Å². The number of hydrazone groups is 1. The van der Waals surface area contributed by atoms with Gasteiger partial charge in [0.05, 0.1) is 17.8 Å². The summed E-state index contributed by atoms with van der Waals surface area (Å²) in [6, 6.07) is 14.6. The molecule has 0 aliphatic heterocycles. The second-order valence-corrected chi connectivity index (χ2v) is 5.57. The molecule has 0 unspecified atom stereocenters. The van der Waals surface area contributed by atoms with Crippen LogP contribution in [0.5, 0.6) is 5.75 Å². The maximum absolute atomic E-state index is 11.6. The number of ether oxygens (including phenoxy) is 1. The van der Waals surface area contributed by atoms with Crippen LogP contribution in [-0.2, 0) is 4.79 Å². The van der Waals surface area contributed by atoms with Crippen molar-refractivity contribution < 1.29 is 9.53 Å². The van der Waals surface area contributed by atoms with Crippen molar-refractivity contribution in [1.82, 2.24) is 5.43 Å². The molecular formula is C17H16Cl2N2O2. The summed E-state index contributed by atoms with van der Waals surface area (Å²) in [5, 5.41) is 4.91. The van der Waals surface area contributed by atoms with Gasteiger partial charge in [-0.3, -0.25) is 4.79 Å². The zero-order chi connectivity index (χ0) is 16.5. The minimum Gasteiger partial charge on any atom is -0.492 e. The Morgan fingerprint density at radius 2 is 1.96 bits per heavy atom. The average molecular weight is 351 g/mol. The van der Waals surface area contributed by atoms with Gasteiger partial charge in [-0.2, -0.15) is 5.10 Å². The zero-order valence-corrected chi connectivity index (χ0v) is 13.8. The number of carbonyl (C=O) groups is 1. The lowest BCUT2D eigenvalue weighted by Crippen LogP contribution is -2.18. The highest BCUT2D eigenvalue weighted by atomic mass is 35.5. The van der Waals surface area contributed by atoms with E-state index >= 15 is 0 Å². The average Bonchev–Trinajstić information content (AvgIpc) is 2.54. The summed E-state index contributed by atoms with van der Waals surface area (Å²) in [6.45, 7) is 0.386. The van der Waals surface area contributed by atoms with Crippen molar-refractivity contribution in [3.05, 3.63) is 64.1 Å². The van der Waals surface area contributed by atoms with E-state index in [0.29, 0.717) is 35.2 Å². The molecule has 1 N–H and O–H groups in total. The summed E-state index contributed by atoms with van der Waals surface area (Å²) in [5.74, 6) is 0.390. The molecule has 0 heterocycles. The van der Waals surface area contributed by atoms with Crippen molar-refractivity contribution in [2.45, 2.75) is 12.8 Å². The fraction of sp³-hybridized carbons (Fsp3) is 0.176.